The van der Waals surface area contributed by atoms with E-state index < -0.39 is 12.0 Å². The van der Waals surface area contributed by atoms with E-state index in [4.69, 9.17) is 5.11 Å². The third-order valence-electron chi connectivity index (χ3n) is 2.60. The zero-order chi connectivity index (χ0) is 13.0. The highest BCUT2D eigenvalue weighted by atomic mass is 16.4. The molecule has 0 fully saturated rings. The molecule has 92 valence electrons. The summed E-state index contributed by atoms with van der Waals surface area (Å²) in [5.41, 5.74) is 0.510. The molecule has 0 amide bonds. The second kappa shape index (κ2) is 5.27. The first-order valence-electron chi connectivity index (χ1n) is 5.48. The van der Waals surface area contributed by atoms with Crippen molar-refractivity contribution in [3.05, 3.63) is 54.4 Å². The predicted molar refractivity (Wildman–Crippen MR) is 64.3 cm³/mol. The average molecular weight is 244 g/mol. The predicted octanol–water partition coefficient (Wildman–Crippen LogP) is 1.78. The van der Waals surface area contributed by atoms with Crippen molar-refractivity contribution in [3.63, 3.8) is 0 Å². The Kier molecular flexibility index (Phi) is 3.52. The molecule has 1 N–H and O–H groups in total. The van der Waals surface area contributed by atoms with Crippen LogP contribution < -0.4 is 0 Å². The van der Waals surface area contributed by atoms with Crippen molar-refractivity contribution in [2.24, 2.45) is 0 Å². The number of aliphatic carboxylic acids is 1. The van der Waals surface area contributed by atoms with Crippen LogP contribution in [-0.2, 0) is 4.79 Å². The van der Waals surface area contributed by atoms with Gasteiger partial charge in [0.1, 0.15) is 0 Å². The maximum absolute atomic E-state index is 12.0. The van der Waals surface area contributed by atoms with Crippen LogP contribution in [0, 0.1) is 0 Å². The molecule has 1 aromatic carbocycles. The van der Waals surface area contributed by atoms with Crippen molar-refractivity contribution in [1.29, 1.82) is 0 Å². The molecule has 0 aliphatic carbocycles. The number of carbonyl (C=O) groups is 2. The number of Topliss-reactive ketones (excluding diaryl/α,β-unsaturated/α-hetero) is 1. The molecule has 0 saturated heterocycles. The first kappa shape index (κ1) is 12.0. The maximum Gasteiger partial charge on any atom is 0.328 e. The van der Waals surface area contributed by atoms with Gasteiger partial charge in [-0.15, -0.1) is 0 Å². The van der Waals surface area contributed by atoms with Gasteiger partial charge in [0.05, 0.1) is 0 Å². The quantitative estimate of drug-likeness (QED) is 0.814. The van der Waals surface area contributed by atoms with Crippen molar-refractivity contribution in [2.45, 2.75) is 12.5 Å². The third kappa shape index (κ3) is 2.63. The van der Waals surface area contributed by atoms with E-state index in [-0.39, 0.29) is 12.2 Å². The monoisotopic (exact) mass is 244 g/mol. The smallest absolute Gasteiger partial charge is 0.328 e. The fourth-order valence-electron chi connectivity index (χ4n) is 1.68. The largest absolute Gasteiger partial charge is 0.480 e. The number of nitrogens with zero attached hydrogens (tertiary/aromatic N) is 2. The maximum atomic E-state index is 12.0. The van der Waals surface area contributed by atoms with Gasteiger partial charge in [-0.3, -0.25) is 9.48 Å². The molecule has 0 bridgehead atoms. The van der Waals surface area contributed by atoms with Gasteiger partial charge in [0.2, 0.25) is 0 Å². The molecule has 5 nitrogen and oxygen atoms in total. The number of carboxylic acids is 1. The van der Waals surface area contributed by atoms with E-state index >= 15 is 0 Å². The van der Waals surface area contributed by atoms with Crippen molar-refractivity contribution in [1.82, 2.24) is 9.78 Å². The van der Waals surface area contributed by atoms with Crippen LogP contribution in [-0.4, -0.2) is 26.6 Å². The molecule has 0 aliphatic heterocycles. The third-order valence-corrected chi connectivity index (χ3v) is 2.60. The summed E-state index contributed by atoms with van der Waals surface area (Å²) >= 11 is 0. The number of rotatable bonds is 5. The zero-order valence-corrected chi connectivity index (χ0v) is 9.56. The van der Waals surface area contributed by atoms with E-state index in [9.17, 15) is 9.59 Å². The van der Waals surface area contributed by atoms with Crippen molar-refractivity contribution in [3.8, 4) is 0 Å². The van der Waals surface area contributed by atoms with E-state index in [1.54, 1.807) is 36.4 Å². The lowest BCUT2D eigenvalue weighted by Gasteiger charge is -2.11. The highest BCUT2D eigenvalue weighted by molar-refractivity contribution is 5.98. The van der Waals surface area contributed by atoms with Gasteiger partial charge in [-0.2, -0.15) is 5.10 Å². The Morgan fingerprint density at radius 3 is 2.50 bits per heavy atom. The molecule has 0 radical (unpaired) electrons. The Balaban J connectivity index is 2.16. The zero-order valence-electron chi connectivity index (χ0n) is 9.56. The molecular weight excluding hydrogens is 232 g/mol. The summed E-state index contributed by atoms with van der Waals surface area (Å²) in [7, 11) is 0. The van der Waals surface area contributed by atoms with Crippen LogP contribution in [0.25, 0.3) is 0 Å². The SMILES string of the molecule is O=C(C[C@H](C(=O)O)n1cccn1)c1ccccc1. The van der Waals surface area contributed by atoms with Crippen molar-refractivity contribution in [2.75, 3.05) is 0 Å². The first-order valence-corrected chi connectivity index (χ1v) is 5.48. The van der Waals surface area contributed by atoms with Crippen LogP contribution in [0.3, 0.4) is 0 Å². The number of benzene rings is 1. The molecule has 0 spiro atoms. The molecular formula is C13H12N2O3. The molecule has 1 heterocycles. The van der Waals surface area contributed by atoms with Crippen LogP contribution in [0.2, 0.25) is 0 Å². The van der Waals surface area contributed by atoms with Gasteiger partial charge in [-0.1, -0.05) is 30.3 Å². The topological polar surface area (TPSA) is 72.2 Å². The summed E-state index contributed by atoms with van der Waals surface area (Å²) in [6, 6.07) is 9.30. The van der Waals surface area contributed by atoms with Crippen molar-refractivity contribution >= 4 is 11.8 Å². The van der Waals surface area contributed by atoms with Gasteiger partial charge in [0.15, 0.2) is 11.8 Å². The van der Waals surface area contributed by atoms with Crippen LogP contribution in [0.1, 0.15) is 22.8 Å². The summed E-state index contributed by atoms with van der Waals surface area (Å²) in [5.74, 6) is -1.28. The molecule has 2 aromatic rings. The lowest BCUT2D eigenvalue weighted by atomic mass is 10.0. The number of hydrogen-bond acceptors (Lipinski definition) is 3. The van der Waals surface area contributed by atoms with Crippen LogP contribution in [0.4, 0.5) is 0 Å². The molecule has 18 heavy (non-hydrogen) atoms. The molecule has 1 aromatic heterocycles. The fraction of sp³-hybridized carbons (Fsp3) is 0.154. The normalized spacial score (nSPS) is 12.0. The summed E-state index contributed by atoms with van der Waals surface area (Å²) in [6.45, 7) is 0. The number of carbonyl (C=O) groups excluding carboxylic acids is 1. The molecule has 0 aliphatic rings. The first-order chi connectivity index (χ1) is 8.68. The van der Waals surface area contributed by atoms with E-state index in [0.717, 1.165) is 0 Å². The van der Waals surface area contributed by atoms with E-state index in [1.165, 1.54) is 17.1 Å². The lowest BCUT2D eigenvalue weighted by molar-refractivity contribution is -0.141. The summed E-state index contributed by atoms with van der Waals surface area (Å²) in [5, 5.41) is 13.0. The van der Waals surface area contributed by atoms with Crippen LogP contribution in [0.5, 0.6) is 0 Å². The van der Waals surface area contributed by atoms with E-state index in [2.05, 4.69) is 5.10 Å². The van der Waals surface area contributed by atoms with Gasteiger partial charge in [0.25, 0.3) is 0 Å². The van der Waals surface area contributed by atoms with E-state index in [1.807, 2.05) is 0 Å². The van der Waals surface area contributed by atoms with Gasteiger partial charge < -0.3 is 5.11 Å². The molecule has 0 saturated carbocycles. The van der Waals surface area contributed by atoms with E-state index in [0.29, 0.717) is 5.56 Å². The molecule has 2 rings (SSSR count). The average Bonchev–Trinajstić information content (AvgIpc) is 2.90. The Morgan fingerprint density at radius 1 is 1.22 bits per heavy atom. The van der Waals surface area contributed by atoms with Gasteiger partial charge >= 0.3 is 5.97 Å². The highest BCUT2D eigenvalue weighted by Crippen LogP contribution is 2.14. The minimum absolute atomic E-state index is 0.110. The Morgan fingerprint density at radius 2 is 1.94 bits per heavy atom. The Hall–Kier alpha value is -2.43. The number of carboxylic acid groups (broad SMARTS) is 1. The van der Waals surface area contributed by atoms with Gasteiger partial charge in [-0.25, -0.2) is 4.79 Å². The molecule has 0 unspecified atom stereocenters. The standard InChI is InChI=1S/C13H12N2O3/c16-12(10-5-2-1-3-6-10)9-11(13(17)18)15-8-4-7-14-15/h1-8,11H,9H2,(H,17,18)/t11-/m1/s1. The summed E-state index contributed by atoms with van der Waals surface area (Å²) in [4.78, 5) is 23.1. The minimum Gasteiger partial charge on any atom is -0.480 e. The summed E-state index contributed by atoms with van der Waals surface area (Å²) in [6.07, 6.45) is 2.92. The minimum atomic E-state index is -1.07. The fourth-order valence-corrected chi connectivity index (χ4v) is 1.68. The van der Waals surface area contributed by atoms with Gasteiger partial charge in [0, 0.05) is 24.4 Å². The Labute approximate surface area is 104 Å². The highest BCUT2D eigenvalue weighted by Gasteiger charge is 2.23. The van der Waals surface area contributed by atoms with Crippen molar-refractivity contribution < 1.29 is 14.7 Å². The Bertz CT molecular complexity index is 535. The van der Waals surface area contributed by atoms with Crippen LogP contribution >= 0.6 is 0 Å². The molecule has 5 heteroatoms. The molecule has 1 atom stereocenters. The van der Waals surface area contributed by atoms with Gasteiger partial charge in [-0.05, 0) is 6.07 Å². The summed E-state index contributed by atoms with van der Waals surface area (Å²) < 4.78 is 1.28. The lowest BCUT2D eigenvalue weighted by Crippen LogP contribution is -2.22. The number of aromatic nitrogens is 2. The second-order valence-corrected chi connectivity index (χ2v) is 3.83. The van der Waals surface area contributed by atoms with Crippen LogP contribution in [0.15, 0.2) is 48.8 Å². The second-order valence-electron chi connectivity index (χ2n) is 3.83. The number of ketones is 1. The number of hydrogen-bond donors (Lipinski definition) is 1.